The first-order valence-corrected chi connectivity index (χ1v) is 9.96. The van der Waals surface area contributed by atoms with Crippen LogP contribution >= 0.6 is 0 Å². The molecule has 2 N–H and O–H groups in total. The Labute approximate surface area is 161 Å². The lowest BCUT2D eigenvalue weighted by Crippen LogP contribution is -2.15. The minimum Gasteiger partial charge on any atom is -0.457 e. The Morgan fingerprint density at radius 3 is 2.43 bits per heavy atom. The van der Waals surface area contributed by atoms with Crippen LogP contribution in [-0.4, -0.2) is 14.4 Å². The molecule has 0 saturated carbocycles. The van der Waals surface area contributed by atoms with E-state index in [0.717, 1.165) is 11.1 Å². The lowest BCUT2D eigenvalue weighted by Gasteiger charge is -2.10. The summed E-state index contributed by atoms with van der Waals surface area (Å²) in [6, 6.07) is 9.08. The molecule has 0 aliphatic rings. The van der Waals surface area contributed by atoms with Crippen molar-refractivity contribution >= 4 is 27.0 Å². The molecule has 0 unspecified atom stereocenters. The second kappa shape index (κ2) is 7.21. The number of rotatable bonds is 4. The van der Waals surface area contributed by atoms with E-state index in [1.807, 2.05) is 19.9 Å². The number of primary sulfonamides is 1. The second-order valence-corrected chi connectivity index (χ2v) is 8.11. The van der Waals surface area contributed by atoms with Gasteiger partial charge in [-0.2, -0.15) is 0 Å². The average Bonchev–Trinajstić information content (AvgIpc) is 2.62. The Balaban J connectivity index is 1.92. The molecule has 0 radical (unpaired) electrons. The van der Waals surface area contributed by atoms with E-state index in [1.54, 1.807) is 13.0 Å². The maximum Gasteiger partial charge on any atom is 0.338 e. The summed E-state index contributed by atoms with van der Waals surface area (Å²) < 4.78 is 33.9. The zero-order valence-electron chi connectivity index (χ0n) is 15.6. The van der Waals surface area contributed by atoms with E-state index >= 15 is 0 Å². The van der Waals surface area contributed by atoms with Crippen molar-refractivity contribution in [2.75, 3.05) is 0 Å². The molecule has 0 fully saturated rings. The van der Waals surface area contributed by atoms with Gasteiger partial charge in [0.2, 0.25) is 10.0 Å². The number of fused-ring (bicyclic) bond motifs is 1. The Kier molecular flexibility index (Phi) is 5.10. The van der Waals surface area contributed by atoms with Crippen molar-refractivity contribution < 1.29 is 22.4 Å². The monoisotopic (exact) mass is 401 g/mol. The van der Waals surface area contributed by atoms with Gasteiger partial charge in [-0.3, -0.25) is 0 Å². The van der Waals surface area contributed by atoms with Gasteiger partial charge in [-0.15, -0.1) is 0 Å². The maximum atomic E-state index is 12.4. The van der Waals surface area contributed by atoms with Crippen molar-refractivity contribution in [1.29, 1.82) is 0 Å². The van der Waals surface area contributed by atoms with E-state index in [9.17, 15) is 18.0 Å². The molecular formula is C20H19NO6S. The van der Waals surface area contributed by atoms with E-state index in [4.69, 9.17) is 14.3 Å². The molecule has 0 aliphatic carbocycles. The Morgan fingerprint density at radius 1 is 1.07 bits per heavy atom. The van der Waals surface area contributed by atoms with Crippen LogP contribution in [0, 0.1) is 20.8 Å². The quantitative estimate of drug-likeness (QED) is 0.531. The van der Waals surface area contributed by atoms with Crippen LogP contribution in [0.25, 0.3) is 11.0 Å². The molecule has 8 heteroatoms. The summed E-state index contributed by atoms with van der Waals surface area (Å²) >= 11 is 0. The first kappa shape index (κ1) is 19.8. The van der Waals surface area contributed by atoms with Crippen LogP contribution in [0.1, 0.15) is 32.6 Å². The molecule has 3 rings (SSSR count). The lowest BCUT2D eigenvalue weighted by atomic mass is 10.0. The molecule has 0 spiro atoms. The molecular weight excluding hydrogens is 382 g/mol. The van der Waals surface area contributed by atoms with Crippen molar-refractivity contribution in [1.82, 2.24) is 0 Å². The highest BCUT2D eigenvalue weighted by atomic mass is 32.2. The summed E-state index contributed by atoms with van der Waals surface area (Å²) in [7, 11) is -3.96. The number of carbonyl (C=O) groups is 1. The number of hydrogen-bond donors (Lipinski definition) is 1. The highest BCUT2D eigenvalue weighted by Crippen LogP contribution is 2.24. The largest absolute Gasteiger partial charge is 0.457 e. The third kappa shape index (κ3) is 3.83. The SMILES string of the molecule is Cc1ccc(C(=O)OCc2cc(=O)oc3c(C)c(C)ccc23)cc1S(N)(=O)=O. The summed E-state index contributed by atoms with van der Waals surface area (Å²) in [5.74, 6) is -0.727. The van der Waals surface area contributed by atoms with Gasteiger partial charge in [0.1, 0.15) is 12.2 Å². The molecule has 0 saturated heterocycles. The second-order valence-electron chi connectivity index (χ2n) is 6.58. The van der Waals surface area contributed by atoms with Crippen LogP contribution < -0.4 is 10.8 Å². The third-order valence-corrected chi connectivity index (χ3v) is 5.66. The highest BCUT2D eigenvalue weighted by Gasteiger charge is 2.17. The number of sulfonamides is 1. The Morgan fingerprint density at radius 2 is 1.75 bits per heavy atom. The van der Waals surface area contributed by atoms with Gasteiger partial charge >= 0.3 is 11.6 Å². The number of nitrogens with two attached hydrogens (primary N) is 1. The minimum absolute atomic E-state index is 0.0499. The summed E-state index contributed by atoms with van der Waals surface area (Å²) in [5.41, 5.74) is 2.69. The van der Waals surface area contributed by atoms with Gasteiger partial charge in [-0.25, -0.2) is 23.1 Å². The summed E-state index contributed by atoms with van der Waals surface area (Å²) in [4.78, 5) is 24.1. The number of hydrogen-bond acceptors (Lipinski definition) is 6. The number of benzene rings is 2. The van der Waals surface area contributed by atoms with Crippen LogP contribution in [0.5, 0.6) is 0 Å². The lowest BCUT2D eigenvalue weighted by molar-refractivity contribution is 0.0473. The van der Waals surface area contributed by atoms with Gasteiger partial charge in [0.25, 0.3) is 0 Å². The van der Waals surface area contributed by atoms with Crippen molar-refractivity contribution in [2.24, 2.45) is 5.14 Å². The van der Waals surface area contributed by atoms with E-state index in [-0.39, 0.29) is 17.1 Å². The average molecular weight is 401 g/mol. The van der Waals surface area contributed by atoms with Gasteiger partial charge in [-0.1, -0.05) is 18.2 Å². The Bertz CT molecular complexity index is 1260. The van der Waals surface area contributed by atoms with Crippen molar-refractivity contribution in [2.45, 2.75) is 32.3 Å². The molecule has 2 aromatic carbocycles. The van der Waals surface area contributed by atoms with E-state index in [2.05, 4.69) is 0 Å². The predicted octanol–water partition coefficient (Wildman–Crippen LogP) is 2.72. The molecule has 1 heterocycles. The highest BCUT2D eigenvalue weighted by molar-refractivity contribution is 7.89. The van der Waals surface area contributed by atoms with Crippen LogP contribution in [0.3, 0.4) is 0 Å². The van der Waals surface area contributed by atoms with Crippen LogP contribution in [0.2, 0.25) is 0 Å². The molecule has 3 aromatic rings. The molecule has 7 nitrogen and oxygen atoms in total. The zero-order chi connectivity index (χ0) is 20.6. The third-order valence-electron chi connectivity index (χ3n) is 4.61. The molecule has 0 amide bonds. The zero-order valence-corrected chi connectivity index (χ0v) is 16.4. The summed E-state index contributed by atoms with van der Waals surface area (Å²) in [6.45, 7) is 5.16. The van der Waals surface area contributed by atoms with Crippen molar-refractivity contribution in [3.05, 3.63) is 74.6 Å². The van der Waals surface area contributed by atoms with Crippen LogP contribution in [0.15, 0.2) is 50.5 Å². The fourth-order valence-electron chi connectivity index (χ4n) is 2.90. The number of aryl methyl sites for hydroxylation is 3. The van der Waals surface area contributed by atoms with Crippen LogP contribution in [-0.2, 0) is 21.4 Å². The first-order valence-electron chi connectivity index (χ1n) is 8.41. The maximum absolute atomic E-state index is 12.4. The first-order chi connectivity index (χ1) is 13.1. The van der Waals surface area contributed by atoms with E-state index in [0.29, 0.717) is 22.1 Å². The summed E-state index contributed by atoms with van der Waals surface area (Å²) in [6.07, 6.45) is 0. The fraction of sp³-hybridized carbons (Fsp3) is 0.200. The van der Waals surface area contributed by atoms with Gasteiger partial charge in [-0.05, 0) is 49.6 Å². The van der Waals surface area contributed by atoms with E-state index in [1.165, 1.54) is 24.3 Å². The molecule has 1 aromatic heterocycles. The van der Waals surface area contributed by atoms with Gasteiger partial charge in [0.15, 0.2) is 0 Å². The fourth-order valence-corrected chi connectivity index (χ4v) is 3.71. The summed E-state index contributed by atoms with van der Waals surface area (Å²) in [5, 5.41) is 5.84. The van der Waals surface area contributed by atoms with Gasteiger partial charge in [0.05, 0.1) is 10.5 Å². The van der Waals surface area contributed by atoms with E-state index < -0.39 is 21.6 Å². The molecule has 146 valence electrons. The minimum atomic E-state index is -3.96. The smallest absolute Gasteiger partial charge is 0.338 e. The van der Waals surface area contributed by atoms with Crippen LogP contribution in [0.4, 0.5) is 0 Å². The molecule has 28 heavy (non-hydrogen) atoms. The van der Waals surface area contributed by atoms with Gasteiger partial charge < -0.3 is 9.15 Å². The number of esters is 1. The normalized spacial score (nSPS) is 11.6. The van der Waals surface area contributed by atoms with Gasteiger partial charge in [0, 0.05) is 17.0 Å². The number of carbonyl (C=O) groups excluding carboxylic acids is 1. The molecule has 0 atom stereocenters. The Hall–Kier alpha value is -2.97. The molecule has 0 bridgehead atoms. The van der Waals surface area contributed by atoms with Crippen molar-refractivity contribution in [3.63, 3.8) is 0 Å². The standard InChI is InChI=1S/C20H19NO6S/c1-11-5-7-16-15(9-18(22)27-19(16)13(11)3)10-26-20(23)14-6-4-12(2)17(8-14)28(21,24)25/h4-9H,10H2,1-3H3,(H2,21,24,25). The molecule has 0 aliphatic heterocycles. The predicted molar refractivity (Wildman–Crippen MR) is 104 cm³/mol. The number of ether oxygens (including phenoxy) is 1. The topological polar surface area (TPSA) is 117 Å². The van der Waals surface area contributed by atoms with Crippen molar-refractivity contribution in [3.8, 4) is 0 Å².